The first-order valence-corrected chi connectivity index (χ1v) is 7.91. The number of rotatable bonds is 4. The van der Waals surface area contributed by atoms with E-state index in [2.05, 4.69) is 0 Å². The van der Waals surface area contributed by atoms with Crippen molar-refractivity contribution >= 4 is 12.0 Å². The molecule has 134 valence electrons. The molecule has 1 aliphatic rings. The van der Waals surface area contributed by atoms with E-state index in [1.165, 1.54) is 12.2 Å². The summed E-state index contributed by atoms with van der Waals surface area (Å²) in [4.78, 5) is 31.0. The van der Waals surface area contributed by atoms with Gasteiger partial charge in [0.1, 0.15) is 5.60 Å². The molecule has 1 rings (SSSR count). The molecule has 7 nitrogen and oxygen atoms in total. The Morgan fingerprint density at radius 3 is 2.17 bits per heavy atom. The number of amides is 2. The molecule has 3 atom stereocenters. The third kappa shape index (κ3) is 5.35. The molecule has 7 heteroatoms. The predicted octanol–water partition coefficient (Wildman–Crippen LogP) is 2.06. The van der Waals surface area contributed by atoms with Crippen LogP contribution in [0, 0.1) is 5.92 Å². The van der Waals surface area contributed by atoms with Gasteiger partial charge in [-0.05, 0) is 40.0 Å². The van der Waals surface area contributed by atoms with Gasteiger partial charge in [0, 0.05) is 27.1 Å². The second-order valence-electron chi connectivity index (χ2n) is 6.96. The van der Waals surface area contributed by atoms with Crippen LogP contribution in [-0.4, -0.2) is 68.0 Å². The van der Waals surface area contributed by atoms with E-state index in [0.29, 0.717) is 19.3 Å². The van der Waals surface area contributed by atoms with Crippen molar-refractivity contribution in [2.45, 2.75) is 57.8 Å². The Balaban J connectivity index is 2.73. The van der Waals surface area contributed by atoms with Gasteiger partial charge in [0.2, 0.25) is 5.91 Å². The van der Waals surface area contributed by atoms with Crippen LogP contribution in [0.15, 0.2) is 0 Å². The van der Waals surface area contributed by atoms with Crippen molar-refractivity contribution in [1.82, 2.24) is 9.96 Å². The maximum absolute atomic E-state index is 12.2. The number of carbonyl (C=O) groups is 2. The maximum Gasteiger partial charge on any atom is 0.410 e. The number of nitrogens with zero attached hydrogens (tertiary/aromatic N) is 2. The Labute approximate surface area is 138 Å². The number of hydrogen-bond donors (Lipinski definition) is 0. The van der Waals surface area contributed by atoms with E-state index in [9.17, 15) is 9.59 Å². The maximum atomic E-state index is 12.2. The topological polar surface area (TPSA) is 68.3 Å². The first kappa shape index (κ1) is 19.7. The van der Waals surface area contributed by atoms with Gasteiger partial charge < -0.3 is 14.4 Å². The normalized spacial score (nSPS) is 24.9. The Hall–Kier alpha value is -1.34. The lowest BCUT2D eigenvalue weighted by atomic mass is 9.82. The molecule has 0 aromatic heterocycles. The second-order valence-corrected chi connectivity index (χ2v) is 6.96. The smallest absolute Gasteiger partial charge is 0.410 e. The number of hydrogen-bond acceptors (Lipinski definition) is 5. The monoisotopic (exact) mass is 330 g/mol. The van der Waals surface area contributed by atoms with Gasteiger partial charge >= 0.3 is 6.09 Å². The van der Waals surface area contributed by atoms with Gasteiger partial charge in [0.15, 0.2) is 0 Å². The minimum absolute atomic E-state index is 0.0621. The third-order valence-corrected chi connectivity index (χ3v) is 4.17. The highest BCUT2D eigenvalue weighted by Gasteiger charge is 2.39. The van der Waals surface area contributed by atoms with E-state index in [-0.39, 0.29) is 30.1 Å². The van der Waals surface area contributed by atoms with E-state index >= 15 is 0 Å². The first-order chi connectivity index (χ1) is 10.6. The molecular weight excluding hydrogens is 300 g/mol. The van der Waals surface area contributed by atoms with Gasteiger partial charge in [-0.1, -0.05) is 0 Å². The zero-order valence-corrected chi connectivity index (χ0v) is 15.3. The number of likely N-dealkylation sites (N-methyl/N-ethyl adjacent to an activating group) is 1. The van der Waals surface area contributed by atoms with E-state index in [1.807, 2.05) is 20.8 Å². The summed E-state index contributed by atoms with van der Waals surface area (Å²) in [5.41, 5.74) is -0.539. The Morgan fingerprint density at radius 2 is 1.70 bits per heavy atom. The predicted molar refractivity (Wildman–Crippen MR) is 85.7 cm³/mol. The molecule has 0 saturated heterocycles. The summed E-state index contributed by atoms with van der Waals surface area (Å²) in [6.07, 6.45) is 1.34. The zero-order valence-electron chi connectivity index (χ0n) is 15.3. The van der Waals surface area contributed by atoms with Crippen LogP contribution in [0.3, 0.4) is 0 Å². The van der Waals surface area contributed by atoms with Crippen molar-refractivity contribution in [2.24, 2.45) is 5.92 Å². The van der Waals surface area contributed by atoms with E-state index in [0.717, 1.165) is 0 Å². The van der Waals surface area contributed by atoms with Crippen LogP contribution in [0.2, 0.25) is 0 Å². The molecule has 2 amide bonds. The molecule has 23 heavy (non-hydrogen) atoms. The molecule has 0 radical (unpaired) electrons. The van der Waals surface area contributed by atoms with Gasteiger partial charge in [-0.3, -0.25) is 9.63 Å². The Kier molecular flexibility index (Phi) is 6.83. The minimum Gasteiger partial charge on any atom is -0.444 e. The van der Waals surface area contributed by atoms with E-state index in [4.69, 9.17) is 14.3 Å². The average molecular weight is 330 g/mol. The summed E-state index contributed by atoms with van der Waals surface area (Å²) in [6.45, 7) is 5.51. The molecule has 0 unspecified atom stereocenters. The molecule has 0 N–H and O–H groups in total. The zero-order chi connectivity index (χ0) is 17.8. The molecule has 1 aliphatic carbocycles. The first-order valence-electron chi connectivity index (χ1n) is 7.91. The quantitative estimate of drug-likeness (QED) is 0.738. The number of hydroxylamine groups is 2. The van der Waals surface area contributed by atoms with Crippen LogP contribution in [0.4, 0.5) is 4.79 Å². The summed E-state index contributed by atoms with van der Waals surface area (Å²) in [5.74, 6) is -0.221. The fourth-order valence-corrected chi connectivity index (χ4v) is 2.85. The van der Waals surface area contributed by atoms with Crippen molar-refractivity contribution in [3.63, 3.8) is 0 Å². The summed E-state index contributed by atoms with van der Waals surface area (Å²) in [7, 11) is 6.39. The van der Waals surface area contributed by atoms with Crippen LogP contribution in [0.5, 0.6) is 0 Å². The lowest BCUT2D eigenvalue weighted by Gasteiger charge is -2.40. The number of carbonyl (C=O) groups excluding carboxylic acids is 2. The largest absolute Gasteiger partial charge is 0.444 e. The molecule has 0 spiro atoms. The van der Waals surface area contributed by atoms with Crippen LogP contribution in [0.25, 0.3) is 0 Å². The average Bonchev–Trinajstić information content (AvgIpc) is 2.50. The lowest BCUT2D eigenvalue weighted by Crippen LogP contribution is -2.51. The fraction of sp³-hybridized carbons (Fsp3) is 0.875. The lowest BCUT2D eigenvalue weighted by molar-refractivity contribution is -0.176. The fourth-order valence-electron chi connectivity index (χ4n) is 2.85. The van der Waals surface area contributed by atoms with Crippen LogP contribution >= 0.6 is 0 Å². The summed E-state index contributed by atoms with van der Waals surface area (Å²) < 4.78 is 10.9. The van der Waals surface area contributed by atoms with Gasteiger partial charge in [-0.15, -0.1) is 0 Å². The molecular formula is C16H30N2O5. The van der Waals surface area contributed by atoms with Crippen molar-refractivity contribution < 1.29 is 23.9 Å². The van der Waals surface area contributed by atoms with Crippen molar-refractivity contribution in [2.75, 3.05) is 28.3 Å². The van der Waals surface area contributed by atoms with Crippen molar-refractivity contribution in [3.8, 4) is 0 Å². The second kappa shape index (κ2) is 7.97. The molecule has 0 aromatic rings. The Morgan fingerprint density at radius 1 is 1.09 bits per heavy atom. The standard InChI is InChI=1S/C16H30N2O5/c1-16(2,3)23-15(20)17(4)12-9-8-11(10-13(12)21-6)14(19)18(5)22-7/h11-13H,8-10H2,1-7H3/t11-,12+,13-/m0/s1. The highest BCUT2D eigenvalue weighted by atomic mass is 16.7. The van der Waals surface area contributed by atoms with E-state index < -0.39 is 5.60 Å². The van der Waals surface area contributed by atoms with Crippen LogP contribution in [0.1, 0.15) is 40.0 Å². The third-order valence-electron chi connectivity index (χ3n) is 4.17. The van der Waals surface area contributed by atoms with E-state index in [1.54, 1.807) is 26.1 Å². The summed E-state index contributed by atoms with van der Waals surface area (Å²) in [6, 6.07) is -0.105. The SMILES string of the molecule is CO[C@H]1C[C@@H](C(=O)N(C)OC)CC[C@H]1N(C)C(=O)OC(C)(C)C. The van der Waals surface area contributed by atoms with Gasteiger partial charge in [0.05, 0.1) is 19.3 Å². The minimum atomic E-state index is -0.539. The van der Waals surface area contributed by atoms with Gasteiger partial charge in [-0.2, -0.15) is 0 Å². The van der Waals surface area contributed by atoms with Crippen LogP contribution < -0.4 is 0 Å². The van der Waals surface area contributed by atoms with Crippen LogP contribution in [-0.2, 0) is 19.1 Å². The molecule has 0 heterocycles. The van der Waals surface area contributed by atoms with Crippen molar-refractivity contribution in [3.05, 3.63) is 0 Å². The highest BCUT2D eigenvalue weighted by molar-refractivity contribution is 5.77. The molecule has 1 fully saturated rings. The number of ether oxygens (including phenoxy) is 2. The summed E-state index contributed by atoms with van der Waals surface area (Å²) in [5, 5.41) is 1.25. The molecule has 0 aliphatic heterocycles. The number of methoxy groups -OCH3 is 1. The highest BCUT2D eigenvalue weighted by Crippen LogP contribution is 2.31. The Bertz CT molecular complexity index is 421. The molecule has 0 aromatic carbocycles. The van der Waals surface area contributed by atoms with Crippen molar-refractivity contribution in [1.29, 1.82) is 0 Å². The van der Waals surface area contributed by atoms with Gasteiger partial charge in [-0.25, -0.2) is 9.86 Å². The summed E-state index contributed by atoms with van der Waals surface area (Å²) >= 11 is 0. The van der Waals surface area contributed by atoms with Gasteiger partial charge in [0.25, 0.3) is 0 Å². The molecule has 1 saturated carbocycles. The molecule has 0 bridgehead atoms.